The van der Waals surface area contributed by atoms with Gasteiger partial charge in [-0.2, -0.15) is 0 Å². The molecular formula is C17H33N3O. The Morgan fingerprint density at radius 3 is 2.81 bits per heavy atom. The molecule has 0 bridgehead atoms. The topological polar surface area (TPSA) is 41.7 Å². The van der Waals surface area contributed by atoms with Gasteiger partial charge in [0.25, 0.3) is 0 Å². The summed E-state index contributed by atoms with van der Waals surface area (Å²) >= 11 is 0. The Kier molecular flexibility index (Phi) is 4.89. The zero-order valence-corrected chi connectivity index (χ0v) is 13.9. The summed E-state index contributed by atoms with van der Waals surface area (Å²) in [5.41, 5.74) is 6.50. The summed E-state index contributed by atoms with van der Waals surface area (Å²) in [6, 6.07) is 0.774. The Hall–Kier alpha value is -0.160. The van der Waals surface area contributed by atoms with Crippen LogP contribution in [0.3, 0.4) is 0 Å². The number of nitrogens with zero attached hydrogens (tertiary/aromatic N) is 2. The summed E-state index contributed by atoms with van der Waals surface area (Å²) in [6.07, 6.45) is 6.66. The first kappa shape index (κ1) is 15.7. The smallest absolute Gasteiger partial charge is 0.0616 e. The molecule has 3 aliphatic rings. The van der Waals surface area contributed by atoms with Crippen molar-refractivity contribution < 1.29 is 4.74 Å². The maximum Gasteiger partial charge on any atom is 0.0616 e. The summed E-state index contributed by atoms with van der Waals surface area (Å²) in [7, 11) is 0. The lowest BCUT2D eigenvalue weighted by Crippen LogP contribution is -2.60. The predicted molar refractivity (Wildman–Crippen MR) is 86.4 cm³/mol. The first-order valence-electron chi connectivity index (χ1n) is 8.95. The van der Waals surface area contributed by atoms with Crippen LogP contribution in [0.15, 0.2) is 0 Å². The number of rotatable bonds is 3. The fourth-order valence-electron chi connectivity index (χ4n) is 4.60. The molecule has 3 heterocycles. The van der Waals surface area contributed by atoms with Crippen molar-refractivity contribution in [2.45, 2.75) is 63.6 Å². The van der Waals surface area contributed by atoms with Crippen molar-refractivity contribution >= 4 is 0 Å². The highest BCUT2D eigenvalue weighted by Crippen LogP contribution is 2.35. The highest BCUT2D eigenvalue weighted by Gasteiger charge is 2.43. The number of fused-ring (bicyclic) bond motifs is 1. The minimum atomic E-state index is 0.186. The molecule has 3 rings (SSSR count). The summed E-state index contributed by atoms with van der Waals surface area (Å²) in [4.78, 5) is 5.46. The van der Waals surface area contributed by atoms with E-state index in [1.807, 2.05) is 0 Å². The molecule has 0 aromatic rings. The van der Waals surface area contributed by atoms with Crippen LogP contribution in [0.1, 0.15) is 46.0 Å². The minimum absolute atomic E-state index is 0.186. The average molecular weight is 295 g/mol. The number of ether oxygens (including phenoxy) is 1. The monoisotopic (exact) mass is 295 g/mol. The highest BCUT2D eigenvalue weighted by atomic mass is 16.5. The predicted octanol–water partition coefficient (Wildman–Crippen LogP) is 1.69. The molecule has 0 aromatic heterocycles. The molecule has 3 unspecified atom stereocenters. The second kappa shape index (κ2) is 6.53. The number of hydrogen-bond acceptors (Lipinski definition) is 4. The minimum Gasteiger partial charge on any atom is -0.378 e. The third kappa shape index (κ3) is 3.14. The van der Waals surface area contributed by atoms with Gasteiger partial charge in [-0.25, -0.2) is 0 Å². The van der Waals surface area contributed by atoms with Gasteiger partial charge in [0.15, 0.2) is 0 Å². The SMILES string of the molecule is CC(C)C1CC(CN)(N2CCCN3CCCC3C2)CCO1. The Morgan fingerprint density at radius 1 is 1.24 bits per heavy atom. The van der Waals surface area contributed by atoms with E-state index in [0.29, 0.717) is 12.0 Å². The van der Waals surface area contributed by atoms with Crippen molar-refractivity contribution in [2.24, 2.45) is 11.7 Å². The van der Waals surface area contributed by atoms with Crippen molar-refractivity contribution in [2.75, 3.05) is 39.3 Å². The number of nitrogens with two attached hydrogens (primary N) is 1. The van der Waals surface area contributed by atoms with Crippen LogP contribution in [0.4, 0.5) is 0 Å². The molecule has 0 saturated carbocycles. The van der Waals surface area contributed by atoms with Gasteiger partial charge in [-0.1, -0.05) is 13.8 Å². The Labute approximate surface area is 130 Å². The van der Waals surface area contributed by atoms with Gasteiger partial charge in [-0.3, -0.25) is 9.80 Å². The van der Waals surface area contributed by atoms with Crippen molar-refractivity contribution in [1.29, 1.82) is 0 Å². The third-order valence-corrected chi connectivity index (χ3v) is 6.08. The lowest BCUT2D eigenvalue weighted by atomic mass is 9.81. The van der Waals surface area contributed by atoms with E-state index in [9.17, 15) is 0 Å². The normalized spacial score (nSPS) is 39.4. The van der Waals surface area contributed by atoms with Crippen LogP contribution in [-0.2, 0) is 4.74 Å². The van der Waals surface area contributed by atoms with Crippen LogP contribution in [0, 0.1) is 5.92 Å². The summed E-state index contributed by atoms with van der Waals surface area (Å²) in [5.74, 6) is 0.589. The van der Waals surface area contributed by atoms with Crippen molar-refractivity contribution in [3.05, 3.63) is 0 Å². The van der Waals surface area contributed by atoms with Gasteiger partial charge >= 0.3 is 0 Å². The molecule has 0 aromatic carbocycles. The molecule has 0 radical (unpaired) electrons. The molecule has 122 valence electrons. The average Bonchev–Trinajstić information content (AvgIpc) is 2.84. The van der Waals surface area contributed by atoms with Gasteiger partial charge in [-0.15, -0.1) is 0 Å². The van der Waals surface area contributed by atoms with Crippen LogP contribution in [0.25, 0.3) is 0 Å². The van der Waals surface area contributed by atoms with E-state index < -0.39 is 0 Å². The molecule has 4 heteroatoms. The number of hydrogen-bond donors (Lipinski definition) is 1. The van der Waals surface area contributed by atoms with E-state index in [2.05, 4.69) is 23.6 Å². The Balaban J connectivity index is 1.74. The summed E-state index contributed by atoms with van der Waals surface area (Å²) in [5, 5.41) is 0. The molecule has 0 spiro atoms. The summed E-state index contributed by atoms with van der Waals surface area (Å²) in [6.45, 7) is 11.3. The van der Waals surface area contributed by atoms with Crippen LogP contribution in [-0.4, -0.2) is 66.8 Å². The quantitative estimate of drug-likeness (QED) is 0.860. The standard InChI is InChI=1S/C17H33N3O/c1-14(2)16-11-17(13-18,6-10-21-16)20-9-4-8-19-7-3-5-15(19)12-20/h14-16H,3-13,18H2,1-2H3. The highest BCUT2D eigenvalue weighted by molar-refractivity contribution is 5.00. The maximum absolute atomic E-state index is 6.31. The largest absolute Gasteiger partial charge is 0.378 e. The second-order valence-corrected chi connectivity index (χ2v) is 7.67. The summed E-state index contributed by atoms with van der Waals surface area (Å²) < 4.78 is 6.01. The van der Waals surface area contributed by atoms with Gasteiger partial charge in [-0.05, 0) is 51.1 Å². The van der Waals surface area contributed by atoms with E-state index in [-0.39, 0.29) is 5.54 Å². The molecule has 3 fully saturated rings. The molecule has 0 aliphatic carbocycles. The van der Waals surface area contributed by atoms with Crippen molar-refractivity contribution in [3.8, 4) is 0 Å². The molecule has 3 atom stereocenters. The molecule has 4 nitrogen and oxygen atoms in total. The van der Waals surface area contributed by atoms with E-state index in [0.717, 1.165) is 32.0 Å². The molecule has 21 heavy (non-hydrogen) atoms. The van der Waals surface area contributed by atoms with E-state index in [4.69, 9.17) is 10.5 Å². The van der Waals surface area contributed by atoms with Gasteiger partial charge in [0.2, 0.25) is 0 Å². The van der Waals surface area contributed by atoms with Crippen LogP contribution in [0.2, 0.25) is 0 Å². The molecule has 0 amide bonds. The first-order valence-corrected chi connectivity index (χ1v) is 8.95. The Morgan fingerprint density at radius 2 is 2.05 bits per heavy atom. The van der Waals surface area contributed by atoms with Crippen molar-refractivity contribution in [1.82, 2.24) is 9.80 Å². The van der Waals surface area contributed by atoms with Crippen molar-refractivity contribution in [3.63, 3.8) is 0 Å². The molecular weight excluding hydrogens is 262 g/mol. The van der Waals surface area contributed by atoms with E-state index in [1.165, 1.54) is 45.4 Å². The lowest BCUT2D eigenvalue weighted by Gasteiger charge is -2.49. The lowest BCUT2D eigenvalue weighted by molar-refractivity contribution is -0.0884. The molecule has 3 saturated heterocycles. The van der Waals surface area contributed by atoms with Crippen LogP contribution in [0.5, 0.6) is 0 Å². The van der Waals surface area contributed by atoms with Gasteiger partial charge in [0, 0.05) is 37.8 Å². The van der Waals surface area contributed by atoms with Gasteiger partial charge in [0.1, 0.15) is 0 Å². The second-order valence-electron chi connectivity index (χ2n) is 7.67. The van der Waals surface area contributed by atoms with E-state index >= 15 is 0 Å². The maximum atomic E-state index is 6.31. The zero-order chi connectivity index (χ0) is 14.9. The Bertz CT molecular complexity index is 349. The van der Waals surface area contributed by atoms with Gasteiger partial charge in [0.05, 0.1) is 6.10 Å². The van der Waals surface area contributed by atoms with Crippen LogP contribution >= 0.6 is 0 Å². The fourth-order valence-corrected chi connectivity index (χ4v) is 4.60. The van der Waals surface area contributed by atoms with E-state index in [1.54, 1.807) is 0 Å². The fraction of sp³-hybridized carbons (Fsp3) is 1.00. The first-order chi connectivity index (χ1) is 10.1. The zero-order valence-electron chi connectivity index (χ0n) is 13.9. The molecule has 3 aliphatic heterocycles. The van der Waals surface area contributed by atoms with Crippen LogP contribution < -0.4 is 5.73 Å². The molecule has 2 N–H and O–H groups in total. The van der Waals surface area contributed by atoms with Gasteiger partial charge < -0.3 is 10.5 Å². The third-order valence-electron chi connectivity index (χ3n) is 6.08.